The van der Waals surface area contributed by atoms with E-state index in [1.165, 1.54) is 52.0 Å². The molecule has 2 aromatic heterocycles. The Kier molecular flexibility index (Phi) is 3.87. The maximum Gasteiger partial charge on any atom is 0.0820 e. The van der Waals surface area contributed by atoms with Gasteiger partial charge in [0.2, 0.25) is 0 Å². The van der Waals surface area contributed by atoms with E-state index in [1.807, 2.05) is 11.3 Å². The van der Waals surface area contributed by atoms with E-state index in [1.54, 1.807) is 0 Å². The van der Waals surface area contributed by atoms with Crippen LogP contribution < -0.4 is 0 Å². The predicted molar refractivity (Wildman–Crippen MR) is 75.9 cm³/mol. The van der Waals surface area contributed by atoms with Crippen molar-refractivity contribution >= 4 is 22.2 Å². The monoisotopic (exact) mass is 250 g/mol. The molecule has 94 valence electrons. The second kappa shape index (κ2) is 5.21. The Morgan fingerprint density at radius 3 is 2.59 bits per heavy atom. The van der Waals surface area contributed by atoms with Crippen LogP contribution in [0.4, 0.5) is 0 Å². The minimum atomic E-state index is 1.13. The van der Waals surface area contributed by atoms with E-state index in [4.69, 9.17) is 5.10 Å². The molecule has 0 radical (unpaired) electrons. The fourth-order valence-electron chi connectivity index (χ4n) is 2.58. The van der Waals surface area contributed by atoms with E-state index >= 15 is 0 Å². The summed E-state index contributed by atoms with van der Waals surface area (Å²) in [6, 6.07) is 0. The lowest BCUT2D eigenvalue weighted by atomic mass is 10.1. The highest BCUT2D eigenvalue weighted by molar-refractivity contribution is 7.13. The summed E-state index contributed by atoms with van der Waals surface area (Å²) in [7, 11) is 2.07. The van der Waals surface area contributed by atoms with E-state index in [0.717, 1.165) is 6.42 Å². The molecule has 0 N–H and O–H groups in total. The number of hydrogen-bond donors (Lipinski definition) is 0. The Morgan fingerprint density at radius 1 is 1.12 bits per heavy atom. The molecular weight excluding hydrogens is 228 g/mol. The van der Waals surface area contributed by atoms with Crippen molar-refractivity contribution in [3.05, 3.63) is 15.4 Å². The summed E-state index contributed by atoms with van der Waals surface area (Å²) in [6.07, 6.45) is 6.38. The number of aryl methyl sites for hydroxylation is 4. The molecule has 0 aliphatic carbocycles. The second-order valence-corrected chi connectivity index (χ2v) is 6.25. The predicted octanol–water partition coefficient (Wildman–Crippen LogP) is 4.37. The highest BCUT2D eigenvalue weighted by Crippen LogP contribution is 2.32. The summed E-state index contributed by atoms with van der Waals surface area (Å²) in [5, 5.41) is 6.12. The van der Waals surface area contributed by atoms with Gasteiger partial charge in [0.1, 0.15) is 0 Å². The van der Waals surface area contributed by atoms with Gasteiger partial charge in [-0.25, -0.2) is 0 Å². The number of aromatic nitrogens is 2. The number of thiophene rings is 1. The van der Waals surface area contributed by atoms with Crippen LogP contribution >= 0.6 is 11.3 Å². The molecular formula is C14H22N2S. The Morgan fingerprint density at radius 2 is 1.88 bits per heavy atom. The van der Waals surface area contributed by atoms with E-state index < -0.39 is 0 Å². The summed E-state index contributed by atoms with van der Waals surface area (Å²) in [4.78, 5) is 2.82. The fourth-order valence-corrected chi connectivity index (χ4v) is 3.68. The van der Waals surface area contributed by atoms with Gasteiger partial charge in [-0.05, 0) is 26.7 Å². The largest absolute Gasteiger partial charge is 0.267 e. The molecule has 3 heteroatoms. The van der Waals surface area contributed by atoms with Gasteiger partial charge in [-0.3, -0.25) is 4.68 Å². The van der Waals surface area contributed by atoms with Gasteiger partial charge < -0.3 is 0 Å². The Labute approximate surface area is 108 Å². The van der Waals surface area contributed by atoms with Gasteiger partial charge in [0.15, 0.2) is 0 Å². The van der Waals surface area contributed by atoms with Gasteiger partial charge in [0.05, 0.1) is 11.2 Å². The third kappa shape index (κ3) is 2.39. The zero-order valence-electron chi connectivity index (χ0n) is 11.3. The van der Waals surface area contributed by atoms with Crippen LogP contribution in [-0.2, 0) is 13.5 Å². The molecule has 0 saturated carbocycles. The van der Waals surface area contributed by atoms with Gasteiger partial charge >= 0.3 is 0 Å². The summed E-state index contributed by atoms with van der Waals surface area (Å²) in [6.45, 7) is 6.67. The molecule has 0 aliphatic heterocycles. The zero-order valence-corrected chi connectivity index (χ0v) is 12.2. The van der Waals surface area contributed by atoms with Gasteiger partial charge in [0.25, 0.3) is 0 Å². The van der Waals surface area contributed by atoms with Crippen molar-refractivity contribution in [3.63, 3.8) is 0 Å². The summed E-state index contributed by atoms with van der Waals surface area (Å²) >= 11 is 1.90. The number of rotatable bonds is 5. The molecule has 0 atom stereocenters. The second-order valence-electron chi connectivity index (χ2n) is 4.82. The van der Waals surface area contributed by atoms with Gasteiger partial charge in [-0.1, -0.05) is 26.2 Å². The van der Waals surface area contributed by atoms with Crippen molar-refractivity contribution in [2.45, 2.75) is 52.9 Å². The highest BCUT2D eigenvalue weighted by atomic mass is 32.1. The molecule has 2 rings (SSSR count). The molecule has 0 aromatic carbocycles. The Hall–Kier alpha value is -0.830. The van der Waals surface area contributed by atoms with Gasteiger partial charge in [0, 0.05) is 22.2 Å². The molecule has 0 bridgehead atoms. The Bertz CT molecular complexity index is 508. The lowest BCUT2D eigenvalue weighted by molar-refractivity contribution is 0.652. The van der Waals surface area contributed by atoms with Crippen LogP contribution in [0.3, 0.4) is 0 Å². The first-order valence-electron chi connectivity index (χ1n) is 6.56. The van der Waals surface area contributed by atoms with E-state index in [9.17, 15) is 0 Å². The summed E-state index contributed by atoms with van der Waals surface area (Å²) < 4.78 is 2.06. The summed E-state index contributed by atoms with van der Waals surface area (Å²) in [5.41, 5.74) is 2.65. The van der Waals surface area contributed by atoms with E-state index in [-0.39, 0.29) is 0 Å². The van der Waals surface area contributed by atoms with E-state index in [0.29, 0.717) is 0 Å². The van der Waals surface area contributed by atoms with Crippen LogP contribution in [0.5, 0.6) is 0 Å². The number of hydrogen-bond acceptors (Lipinski definition) is 2. The van der Waals surface area contributed by atoms with Crippen LogP contribution in [-0.4, -0.2) is 9.78 Å². The lowest BCUT2D eigenvalue weighted by Gasteiger charge is -1.98. The lowest BCUT2D eigenvalue weighted by Crippen LogP contribution is -1.93. The van der Waals surface area contributed by atoms with Crippen LogP contribution in [0.2, 0.25) is 0 Å². The third-order valence-corrected chi connectivity index (χ3v) is 4.39. The van der Waals surface area contributed by atoms with Crippen molar-refractivity contribution in [3.8, 4) is 0 Å². The van der Waals surface area contributed by atoms with Gasteiger partial charge in [-0.15, -0.1) is 11.3 Å². The van der Waals surface area contributed by atoms with Gasteiger partial charge in [-0.2, -0.15) is 5.10 Å². The number of nitrogens with zero attached hydrogens (tertiary/aromatic N) is 2. The first-order chi connectivity index (χ1) is 8.15. The molecule has 2 nitrogen and oxygen atoms in total. The molecule has 0 saturated heterocycles. The van der Waals surface area contributed by atoms with E-state index in [2.05, 4.69) is 32.5 Å². The van der Waals surface area contributed by atoms with Crippen molar-refractivity contribution in [2.24, 2.45) is 7.05 Å². The molecule has 0 aliphatic rings. The summed E-state index contributed by atoms with van der Waals surface area (Å²) in [5.74, 6) is 0. The molecule has 0 spiro atoms. The normalized spacial score (nSPS) is 11.5. The molecule has 0 fully saturated rings. The minimum Gasteiger partial charge on any atom is -0.267 e. The first-order valence-corrected chi connectivity index (χ1v) is 7.38. The van der Waals surface area contributed by atoms with Crippen LogP contribution in [0.1, 0.15) is 48.1 Å². The van der Waals surface area contributed by atoms with Crippen molar-refractivity contribution in [2.75, 3.05) is 0 Å². The van der Waals surface area contributed by atoms with Crippen molar-refractivity contribution in [1.82, 2.24) is 9.78 Å². The molecule has 0 unspecified atom stereocenters. The Balaban J connectivity index is 2.22. The van der Waals surface area contributed by atoms with Crippen molar-refractivity contribution in [1.29, 1.82) is 0 Å². The smallest absolute Gasteiger partial charge is 0.0820 e. The maximum atomic E-state index is 4.69. The average Bonchev–Trinajstić information content (AvgIpc) is 2.75. The number of unbranched alkanes of at least 4 members (excludes halogenated alkanes) is 3. The highest BCUT2D eigenvalue weighted by Gasteiger charge is 2.15. The SMILES string of the molecule is CCCCCCc1nn(C)c2c(C)sc(C)c12. The fraction of sp³-hybridized carbons (Fsp3) is 0.643. The zero-order chi connectivity index (χ0) is 12.4. The van der Waals surface area contributed by atoms with Crippen LogP contribution in [0.15, 0.2) is 0 Å². The molecule has 17 heavy (non-hydrogen) atoms. The quantitative estimate of drug-likeness (QED) is 0.720. The minimum absolute atomic E-state index is 1.13. The molecule has 2 aromatic rings. The maximum absolute atomic E-state index is 4.69. The topological polar surface area (TPSA) is 17.8 Å². The molecule has 0 amide bonds. The number of fused-ring (bicyclic) bond motifs is 1. The van der Waals surface area contributed by atoms with Crippen LogP contribution in [0, 0.1) is 13.8 Å². The standard InChI is InChI=1S/C14H22N2S/c1-5-6-7-8-9-12-13-10(2)17-11(3)14(13)16(4)15-12/h5-9H2,1-4H3. The average molecular weight is 250 g/mol. The van der Waals surface area contributed by atoms with Crippen molar-refractivity contribution < 1.29 is 0 Å². The third-order valence-electron chi connectivity index (χ3n) is 3.38. The first kappa shape index (κ1) is 12.6. The van der Waals surface area contributed by atoms with Crippen LogP contribution in [0.25, 0.3) is 10.9 Å². The molecule has 2 heterocycles.